The third-order valence-corrected chi connectivity index (χ3v) is 10.7. The Hall–Kier alpha value is -3.17. The molecule has 0 radical (unpaired) electrons. The van der Waals surface area contributed by atoms with Crippen LogP contribution < -0.4 is 5.19 Å². The number of nitrogens with zero attached hydrogens (tertiary/aromatic N) is 1. The van der Waals surface area contributed by atoms with Gasteiger partial charge in [-0.3, -0.25) is 4.90 Å². The summed E-state index contributed by atoms with van der Waals surface area (Å²) in [6.45, 7) is 15.4. The van der Waals surface area contributed by atoms with E-state index in [1.54, 1.807) is 5.19 Å². The smallest absolute Gasteiger partial charge is 0.129 e. The van der Waals surface area contributed by atoms with E-state index in [1.807, 2.05) is 0 Å². The lowest BCUT2D eigenvalue weighted by molar-refractivity contribution is 0.119. The topological polar surface area (TPSA) is 3.24 Å². The molecule has 0 fully saturated rings. The average Bonchev–Trinajstić information content (AvgIpc) is 2.93. The first-order valence-corrected chi connectivity index (χ1v) is 21.2. The molecule has 1 aliphatic heterocycles. The summed E-state index contributed by atoms with van der Waals surface area (Å²) in [5.74, 6) is 3.95. The Bertz CT molecular complexity index is 1370. The van der Waals surface area contributed by atoms with Crippen LogP contribution >= 0.6 is 0 Å². The summed E-state index contributed by atoms with van der Waals surface area (Å²) in [7, 11) is -3.27. The summed E-state index contributed by atoms with van der Waals surface area (Å²) in [5, 5.41) is 1.54. The molecule has 0 spiro atoms. The van der Waals surface area contributed by atoms with Gasteiger partial charge in [0.15, 0.2) is 0 Å². The van der Waals surface area contributed by atoms with E-state index < -0.39 is 21.7 Å². The number of rotatable bonds is 5. The van der Waals surface area contributed by atoms with Crippen LogP contribution in [0.2, 0.25) is 39.3 Å². The van der Waals surface area contributed by atoms with Gasteiger partial charge in [-0.1, -0.05) is 160 Å². The third-order valence-electron chi connectivity index (χ3n) is 7.80. The van der Waals surface area contributed by atoms with E-state index in [9.17, 15) is 0 Å². The zero-order valence-electron chi connectivity index (χ0n) is 24.3. The van der Waals surface area contributed by atoms with Crippen molar-refractivity contribution in [3.63, 3.8) is 0 Å². The van der Waals surface area contributed by atoms with Crippen molar-refractivity contribution in [2.75, 3.05) is 6.54 Å². The Labute approximate surface area is 237 Å². The van der Waals surface area contributed by atoms with Crippen LogP contribution in [0, 0.1) is 11.5 Å². The van der Waals surface area contributed by atoms with Crippen LogP contribution in [-0.2, 0) is 12.0 Å². The van der Waals surface area contributed by atoms with E-state index in [0.29, 0.717) is 0 Å². The predicted molar refractivity (Wildman–Crippen MR) is 173 cm³/mol. The highest BCUT2D eigenvalue weighted by molar-refractivity contribution is 6.89. The SMILES string of the molecule is C[Si](C)(C)C#C[C@H]1c2c(cccc2[Si](C)(C)C)CCN1C(c1ccccc1)(c1ccccc1)c1ccccc1. The maximum absolute atomic E-state index is 3.95. The van der Waals surface area contributed by atoms with Crippen molar-refractivity contribution >= 4 is 21.3 Å². The molecule has 0 amide bonds. The molecule has 0 saturated heterocycles. The van der Waals surface area contributed by atoms with E-state index in [2.05, 4.69) is 165 Å². The highest BCUT2D eigenvalue weighted by Gasteiger charge is 2.47. The fourth-order valence-electron chi connectivity index (χ4n) is 6.17. The molecule has 0 saturated carbocycles. The lowest BCUT2D eigenvalue weighted by Crippen LogP contribution is -2.54. The van der Waals surface area contributed by atoms with Crippen LogP contribution in [0.3, 0.4) is 0 Å². The van der Waals surface area contributed by atoms with Crippen molar-refractivity contribution < 1.29 is 0 Å². The highest BCUT2D eigenvalue weighted by Crippen LogP contribution is 2.48. The van der Waals surface area contributed by atoms with Crippen LogP contribution in [0.5, 0.6) is 0 Å². The summed E-state index contributed by atoms with van der Waals surface area (Å²) < 4.78 is 0. The van der Waals surface area contributed by atoms with Gasteiger partial charge in [0.1, 0.15) is 8.07 Å². The molecule has 0 aliphatic carbocycles. The zero-order chi connectivity index (χ0) is 27.7. The van der Waals surface area contributed by atoms with Crippen LogP contribution in [0.1, 0.15) is 33.9 Å². The van der Waals surface area contributed by atoms with E-state index >= 15 is 0 Å². The molecular formula is C36H41NSi2. The molecule has 3 heteroatoms. The summed E-state index contributed by atoms with van der Waals surface area (Å²) in [5.41, 5.74) is 10.2. The van der Waals surface area contributed by atoms with Gasteiger partial charge < -0.3 is 0 Å². The molecule has 1 atom stereocenters. The molecule has 198 valence electrons. The number of fused-ring (bicyclic) bond motifs is 1. The molecule has 4 aromatic rings. The molecule has 0 bridgehead atoms. The van der Waals surface area contributed by atoms with Crippen LogP contribution in [0.15, 0.2) is 109 Å². The van der Waals surface area contributed by atoms with Gasteiger partial charge in [-0.05, 0) is 34.2 Å². The normalized spacial score (nSPS) is 16.2. The number of hydrogen-bond donors (Lipinski definition) is 0. The monoisotopic (exact) mass is 543 g/mol. The average molecular weight is 544 g/mol. The van der Waals surface area contributed by atoms with Crippen molar-refractivity contribution in [2.24, 2.45) is 0 Å². The Kier molecular flexibility index (Phi) is 7.57. The minimum Gasteiger partial charge on any atom is -0.268 e. The van der Waals surface area contributed by atoms with Crippen molar-refractivity contribution in [1.29, 1.82) is 0 Å². The molecule has 0 N–H and O–H groups in total. The van der Waals surface area contributed by atoms with Gasteiger partial charge in [-0.2, -0.15) is 0 Å². The van der Waals surface area contributed by atoms with Gasteiger partial charge in [0.25, 0.3) is 0 Å². The van der Waals surface area contributed by atoms with E-state index in [1.165, 1.54) is 27.8 Å². The molecule has 39 heavy (non-hydrogen) atoms. The number of hydrogen-bond acceptors (Lipinski definition) is 1. The predicted octanol–water partition coefficient (Wildman–Crippen LogP) is 8.00. The van der Waals surface area contributed by atoms with Gasteiger partial charge in [-0.15, -0.1) is 5.54 Å². The zero-order valence-corrected chi connectivity index (χ0v) is 26.3. The first-order valence-electron chi connectivity index (χ1n) is 14.2. The van der Waals surface area contributed by atoms with Crippen molar-refractivity contribution in [1.82, 2.24) is 4.90 Å². The Morgan fingerprint density at radius 1 is 0.641 bits per heavy atom. The lowest BCUT2D eigenvalue weighted by Gasteiger charge is -2.51. The summed E-state index contributed by atoms with van der Waals surface area (Å²) >= 11 is 0. The van der Waals surface area contributed by atoms with Gasteiger partial charge in [0, 0.05) is 6.54 Å². The molecule has 1 aliphatic rings. The van der Waals surface area contributed by atoms with E-state index in [-0.39, 0.29) is 6.04 Å². The maximum Gasteiger partial charge on any atom is 0.129 e. The summed E-state index contributed by atoms with van der Waals surface area (Å²) in [6, 6.07) is 40.4. The van der Waals surface area contributed by atoms with E-state index in [0.717, 1.165) is 13.0 Å². The quantitative estimate of drug-likeness (QED) is 0.140. The van der Waals surface area contributed by atoms with Crippen molar-refractivity contribution in [3.05, 3.63) is 137 Å². The molecule has 1 heterocycles. The largest absolute Gasteiger partial charge is 0.268 e. The first-order chi connectivity index (χ1) is 18.6. The van der Waals surface area contributed by atoms with Gasteiger partial charge in [-0.25, -0.2) is 0 Å². The minimum absolute atomic E-state index is 0.00372. The van der Waals surface area contributed by atoms with Gasteiger partial charge in [0.2, 0.25) is 0 Å². The second kappa shape index (κ2) is 10.8. The Morgan fingerprint density at radius 2 is 1.13 bits per heavy atom. The highest BCUT2D eigenvalue weighted by atomic mass is 28.3. The fraction of sp³-hybridized carbons (Fsp3) is 0.278. The minimum atomic E-state index is -1.64. The maximum atomic E-state index is 3.95. The lowest BCUT2D eigenvalue weighted by atomic mass is 9.73. The van der Waals surface area contributed by atoms with Crippen LogP contribution in [-0.4, -0.2) is 27.6 Å². The van der Waals surface area contributed by atoms with Crippen LogP contribution in [0.25, 0.3) is 0 Å². The second-order valence-electron chi connectivity index (χ2n) is 12.8. The Morgan fingerprint density at radius 3 is 1.56 bits per heavy atom. The van der Waals surface area contributed by atoms with Gasteiger partial charge >= 0.3 is 0 Å². The standard InChI is InChI=1S/C36H41NSi2/c1-38(2,3)28-26-33-35-29(17-16-24-34(35)39(4,5)6)25-27-37(33)36(30-18-10-7-11-19-30,31-20-12-8-13-21-31)32-22-14-9-15-23-32/h7-24,33H,25,27H2,1-6H3/t33-/m0/s1. The van der Waals surface area contributed by atoms with Gasteiger partial charge in [0.05, 0.1) is 19.7 Å². The second-order valence-corrected chi connectivity index (χ2v) is 22.6. The third kappa shape index (κ3) is 5.34. The molecular weight excluding hydrogens is 503 g/mol. The van der Waals surface area contributed by atoms with Crippen molar-refractivity contribution in [3.8, 4) is 11.5 Å². The Balaban J connectivity index is 1.89. The van der Waals surface area contributed by atoms with Crippen LogP contribution in [0.4, 0.5) is 0 Å². The molecule has 0 unspecified atom stereocenters. The summed E-state index contributed by atoms with van der Waals surface area (Å²) in [4.78, 5) is 2.74. The first kappa shape index (κ1) is 27.4. The van der Waals surface area contributed by atoms with E-state index in [4.69, 9.17) is 0 Å². The molecule has 1 nitrogen and oxygen atoms in total. The number of benzene rings is 4. The molecule has 5 rings (SSSR count). The fourth-order valence-corrected chi connectivity index (χ4v) is 8.44. The molecule has 4 aromatic carbocycles. The summed E-state index contributed by atoms with van der Waals surface area (Å²) in [6.07, 6.45) is 1.02. The molecule has 0 aromatic heterocycles. The van der Waals surface area contributed by atoms with Crippen molar-refractivity contribution in [2.45, 2.75) is 57.3 Å².